The van der Waals surface area contributed by atoms with E-state index in [2.05, 4.69) is 0 Å². The number of carboxylic acids is 1. The van der Waals surface area contributed by atoms with Crippen molar-refractivity contribution in [2.45, 2.75) is 26.4 Å². The maximum absolute atomic E-state index is 11.2. The van der Waals surface area contributed by atoms with Gasteiger partial charge in [-0.3, -0.25) is 14.4 Å². The number of Topliss-reactive ketones (excluding diaryl/α,β-unsaturated/α-hetero) is 2. The van der Waals surface area contributed by atoms with Gasteiger partial charge in [0.25, 0.3) is 0 Å². The Bertz CT molecular complexity index is 447. The van der Waals surface area contributed by atoms with Crippen molar-refractivity contribution in [1.82, 2.24) is 0 Å². The van der Waals surface area contributed by atoms with Crippen LogP contribution in [0.3, 0.4) is 0 Å². The molecule has 0 aromatic heterocycles. The highest BCUT2D eigenvalue weighted by atomic mass is 16.5. The highest BCUT2D eigenvalue weighted by Gasteiger charge is 2.21. The lowest BCUT2D eigenvalue weighted by atomic mass is 10.1. The summed E-state index contributed by atoms with van der Waals surface area (Å²) in [6.07, 6.45) is -1.18. The van der Waals surface area contributed by atoms with E-state index in [9.17, 15) is 14.4 Å². The summed E-state index contributed by atoms with van der Waals surface area (Å²) in [7, 11) is 0. The maximum atomic E-state index is 11.2. The topological polar surface area (TPSA) is 80.7 Å². The third kappa shape index (κ3) is 4.01. The van der Waals surface area contributed by atoms with Crippen molar-refractivity contribution in [1.29, 1.82) is 0 Å². The van der Waals surface area contributed by atoms with Crippen LogP contribution < -0.4 is 4.74 Å². The van der Waals surface area contributed by atoms with Gasteiger partial charge in [-0.15, -0.1) is 0 Å². The molecular formula is C13H14O5. The molecule has 0 saturated heterocycles. The van der Waals surface area contributed by atoms with Gasteiger partial charge in [0.05, 0.1) is 6.42 Å². The van der Waals surface area contributed by atoms with Gasteiger partial charge in [0.15, 0.2) is 11.6 Å². The first-order valence-corrected chi connectivity index (χ1v) is 5.38. The van der Waals surface area contributed by atoms with E-state index in [1.807, 2.05) is 0 Å². The molecule has 1 N–H and O–H groups in total. The summed E-state index contributed by atoms with van der Waals surface area (Å²) in [5, 5.41) is 8.61. The van der Waals surface area contributed by atoms with Gasteiger partial charge in [-0.1, -0.05) is 12.1 Å². The second kappa shape index (κ2) is 5.95. The first-order valence-electron chi connectivity index (χ1n) is 5.38. The Morgan fingerprint density at radius 2 is 1.61 bits per heavy atom. The van der Waals surface area contributed by atoms with Crippen LogP contribution in [0.4, 0.5) is 0 Å². The average Bonchev–Trinajstić information content (AvgIpc) is 2.26. The smallest absolute Gasteiger partial charge is 0.307 e. The molecule has 0 aliphatic heterocycles. The van der Waals surface area contributed by atoms with E-state index in [-0.39, 0.29) is 18.0 Å². The van der Waals surface area contributed by atoms with E-state index in [1.165, 1.54) is 26.0 Å². The van der Waals surface area contributed by atoms with Gasteiger partial charge < -0.3 is 9.84 Å². The van der Waals surface area contributed by atoms with Crippen LogP contribution in [0, 0.1) is 0 Å². The number of ether oxygens (including phenoxy) is 1. The molecule has 0 spiro atoms. The Balaban J connectivity index is 2.76. The number of hydrogen-bond donors (Lipinski definition) is 1. The molecule has 0 unspecified atom stereocenters. The molecule has 0 fully saturated rings. The zero-order valence-corrected chi connectivity index (χ0v) is 10.2. The zero-order valence-electron chi connectivity index (χ0n) is 10.2. The largest absolute Gasteiger partial charge is 0.481 e. The molecular weight excluding hydrogens is 236 g/mol. The molecule has 0 aliphatic rings. The van der Waals surface area contributed by atoms with Crippen LogP contribution in [0.1, 0.15) is 19.4 Å². The number of benzene rings is 1. The van der Waals surface area contributed by atoms with Crippen LogP contribution in [0.2, 0.25) is 0 Å². The Hall–Kier alpha value is -2.17. The lowest BCUT2D eigenvalue weighted by Crippen LogP contribution is -2.32. The fraction of sp³-hybridized carbons (Fsp3) is 0.308. The van der Waals surface area contributed by atoms with Crippen LogP contribution in [-0.4, -0.2) is 28.7 Å². The number of carboxylic acid groups (broad SMARTS) is 1. The lowest BCUT2D eigenvalue weighted by Gasteiger charge is -2.13. The van der Waals surface area contributed by atoms with Gasteiger partial charge in [-0.05, 0) is 31.5 Å². The van der Waals surface area contributed by atoms with Crippen LogP contribution in [0.5, 0.6) is 5.75 Å². The Morgan fingerprint density at radius 1 is 1.11 bits per heavy atom. The predicted octanol–water partition coefficient (Wildman–Crippen LogP) is 1.24. The van der Waals surface area contributed by atoms with Crippen molar-refractivity contribution in [3.63, 3.8) is 0 Å². The molecule has 5 nitrogen and oxygen atoms in total. The van der Waals surface area contributed by atoms with Crippen LogP contribution in [-0.2, 0) is 20.8 Å². The van der Waals surface area contributed by atoms with E-state index < -0.39 is 12.1 Å². The number of aliphatic carboxylic acids is 1. The number of hydrogen-bond acceptors (Lipinski definition) is 4. The molecule has 18 heavy (non-hydrogen) atoms. The van der Waals surface area contributed by atoms with Crippen molar-refractivity contribution >= 4 is 17.5 Å². The number of ketones is 2. The fourth-order valence-electron chi connectivity index (χ4n) is 1.45. The first kappa shape index (κ1) is 13.9. The molecule has 0 radical (unpaired) electrons. The quantitative estimate of drug-likeness (QED) is 0.768. The van der Waals surface area contributed by atoms with Crippen molar-refractivity contribution in [2.75, 3.05) is 0 Å². The monoisotopic (exact) mass is 250 g/mol. The molecule has 1 rings (SSSR count). The number of carbonyl (C=O) groups is 3. The van der Waals surface area contributed by atoms with Crippen LogP contribution >= 0.6 is 0 Å². The second-order valence-electron chi connectivity index (χ2n) is 3.93. The van der Waals surface area contributed by atoms with Gasteiger partial charge in [0.2, 0.25) is 6.10 Å². The summed E-state index contributed by atoms with van der Waals surface area (Å²) in [6, 6.07) is 6.25. The minimum atomic E-state index is -1.10. The Labute approximate surface area is 104 Å². The molecule has 0 aliphatic carbocycles. The zero-order chi connectivity index (χ0) is 13.7. The molecule has 0 amide bonds. The molecule has 0 saturated carbocycles. The molecule has 0 bridgehead atoms. The highest BCUT2D eigenvalue weighted by molar-refractivity contribution is 6.03. The lowest BCUT2D eigenvalue weighted by molar-refractivity contribution is -0.136. The van der Waals surface area contributed by atoms with E-state index in [0.29, 0.717) is 11.3 Å². The minimum Gasteiger partial charge on any atom is -0.481 e. The van der Waals surface area contributed by atoms with Crippen molar-refractivity contribution in [3.8, 4) is 5.75 Å². The number of rotatable bonds is 6. The SMILES string of the molecule is CC(=O)C(Oc1ccc(CC(=O)O)cc1)C(C)=O. The number of carbonyl (C=O) groups excluding carboxylic acids is 2. The van der Waals surface area contributed by atoms with Gasteiger partial charge >= 0.3 is 5.97 Å². The summed E-state index contributed by atoms with van der Waals surface area (Å²) in [5.41, 5.74) is 0.622. The second-order valence-corrected chi connectivity index (χ2v) is 3.93. The van der Waals surface area contributed by atoms with Crippen LogP contribution in [0.15, 0.2) is 24.3 Å². The van der Waals surface area contributed by atoms with E-state index in [4.69, 9.17) is 9.84 Å². The normalized spacial score (nSPS) is 10.2. The van der Waals surface area contributed by atoms with E-state index in [1.54, 1.807) is 12.1 Å². The summed E-state index contributed by atoms with van der Waals surface area (Å²) >= 11 is 0. The highest BCUT2D eigenvalue weighted by Crippen LogP contribution is 2.15. The van der Waals surface area contributed by atoms with Gasteiger partial charge in [-0.2, -0.15) is 0 Å². The Kier molecular flexibility index (Phi) is 4.59. The van der Waals surface area contributed by atoms with Gasteiger partial charge in [-0.25, -0.2) is 0 Å². The molecule has 0 heterocycles. The van der Waals surface area contributed by atoms with Crippen molar-refractivity contribution in [2.24, 2.45) is 0 Å². The maximum Gasteiger partial charge on any atom is 0.307 e. The first-order chi connectivity index (χ1) is 8.40. The summed E-state index contributed by atoms with van der Waals surface area (Å²) in [6.45, 7) is 2.57. The Morgan fingerprint density at radius 3 is 2.00 bits per heavy atom. The summed E-state index contributed by atoms with van der Waals surface area (Å²) in [5.74, 6) is -1.29. The predicted molar refractivity (Wildman–Crippen MR) is 63.6 cm³/mol. The third-order valence-electron chi connectivity index (χ3n) is 2.27. The molecule has 1 aromatic rings. The summed E-state index contributed by atoms with van der Waals surface area (Å²) in [4.78, 5) is 32.8. The minimum absolute atomic E-state index is 0.0802. The average molecular weight is 250 g/mol. The van der Waals surface area contributed by atoms with E-state index >= 15 is 0 Å². The van der Waals surface area contributed by atoms with Gasteiger partial charge in [0.1, 0.15) is 5.75 Å². The third-order valence-corrected chi connectivity index (χ3v) is 2.27. The van der Waals surface area contributed by atoms with Gasteiger partial charge in [0, 0.05) is 0 Å². The molecule has 1 aromatic carbocycles. The van der Waals surface area contributed by atoms with Crippen molar-refractivity contribution < 1.29 is 24.2 Å². The molecule has 5 heteroatoms. The van der Waals surface area contributed by atoms with Crippen LogP contribution in [0.25, 0.3) is 0 Å². The standard InChI is InChI=1S/C13H14O5/c1-8(14)13(9(2)15)18-11-5-3-10(4-6-11)7-12(16)17/h3-6,13H,7H2,1-2H3,(H,16,17). The van der Waals surface area contributed by atoms with Crippen molar-refractivity contribution in [3.05, 3.63) is 29.8 Å². The fourth-order valence-corrected chi connectivity index (χ4v) is 1.45. The molecule has 0 atom stereocenters. The molecule has 96 valence electrons. The summed E-state index contributed by atoms with van der Waals surface area (Å²) < 4.78 is 5.25. The van der Waals surface area contributed by atoms with E-state index in [0.717, 1.165) is 0 Å².